The average molecular weight is 414 g/mol. The highest BCUT2D eigenvalue weighted by molar-refractivity contribution is 5.68. The molecule has 0 bridgehead atoms. The van der Waals surface area contributed by atoms with E-state index in [1.165, 1.54) is 70.6 Å². The molecule has 0 aromatic rings. The van der Waals surface area contributed by atoms with Crippen LogP contribution in [0.2, 0.25) is 0 Å². The first-order valence-electron chi connectivity index (χ1n) is 11.7. The minimum Gasteiger partial charge on any atom is -0.481 e. The van der Waals surface area contributed by atoms with Gasteiger partial charge in [-0.05, 0) is 25.8 Å². The number of carbonyl (C=O) groups is 3. The smallest absolute Gasteiger partial charge is 0.303 e. The molecule has 0 rings (SSSR count). The highest BCUT2D eigenvalue weighted by Gasteiger charge is 2.08. The number of hydrogen-bond acceptors (Lipinski definition) is 4. The van der Waals surface area contributed by atoms with Gasteiger partial charge in [-0.1, -0.05) is 83.5 Å². The summed E-state index contributed by atoms with van der Waals surface area (Å²) in [5.41, 5.74) is 0. The number of rotatable bonds is 23. The van der Waals surface area contributed by atoms with Crippen LogP contribution in [0.3, 0.4) is 0 Å². The quantitative estimate of drug-likeness (QED) is 0.154. The normalized spacial score (nSPS) is 12.0. The number of aliphatic carboxylic acids is 2. The van der Waals surface area contributed by atoms with Crippen LogP contribution in [0, 0.1) is 0 Å². The molecule has 0 saturated heterocycles. The summed E-state index contributed by atoms with van der Waals surface area (Å²) in [5, 5.41) is 20.3. The molecule has 0 aromatic heterocycles. The van der Waals surface area contributed by atoms with E-state index in [0.29, 0.717) is 12.8 Å². The molecule has 0 aromatic carbocycles. The molecule has 6 nitrogen and oxygen atoms in total. The summed E-state index contributed by atoms with van der Waals surface area (Å²) >= 11 is 0. The van der Waals surface area contributed by atoms with Crippen LogP contribution in [0.25, 0.3) is 0 Å². The Labute approximate surface area is 176 Å². The van der Waals surface area contributed by atoms with Crippen molar-refractivity contribution in [3.8, 4) is 0 Å². The standard InChI is InChI=1S/C23H43NO5/c25-20-21(17-18-23(28)29)24-19-15-13-11-9-7-5-3-1-2-4-6-8-10-12-14-16-22(26)27/h20-21,24H,1-19H2,(H,26,27)(H,28,29). The second kappa shape index (κ2) is 21.3. The molecule has 1 unspecified atom stereocenters. The minimum atomic E-state index is -0.858. The molecule has 6 heteroatoms. The Morgan fingerprint density at radius 2 is 1.00 bits per heavy atom. The number of hydrogen-bond donors (Lipinski definition) is 3. The Balaban J connectivity index is 3.19. The third-order valence-corrected chi connectivity index (χ3v) is 5.31. The van der Waals surface area contributed by atoms with Gasteiger partial charge < -0.3 is 20.3 Å². The van der Waals surface area contributed by atoms with Crippen LogP contribution in [-0.2, 0) is 14.4 Å². The first-order chi connectivity index (χ1) is 14.1. The fourth-order valence-electron chi connectivity index (χ4n) is 3.48. The van der Waals surface area contributed by atoms with Crippen molar-refractivity contribution in [2.45, 2.75) is 122 Å². The molecule has 0 spiro atoms. The third-order valence-electron chi connectivity index (χ3n) is 5.31. The van der Waals surface area contributed by atoms with E-state index >= 15 is 0 Å². The first-order valence-corrected chi connectivity index (χ1v) is 11.7. The number of nitrogens with one attached hydrogen (secondary N) is 1. The molecule has 0 aliphatic rings. The van der Waals surface area contributed by atoms with Crippen LogP contribution < -0.4 is 5.32 Å². The molecule has 0 saturated carbocycles. The van der Waals surface area contributed by atoms with Gasteiger partial charge in [0.05, 0.1) is 6.04 Å². The lowest BCUT2D eigenvalue weighted by Gasteiger charge is -2.11. The Hall–Kier alpha value is -1.43. The second-order valence-corrected chi connectivity index (χ2v) is 8.08. The molecule has 0 amide bonds. The van der Waals surface area contributed by atoms with Crippen molar-refractivity contribution in [3.05, 3.63) is 0 Å². The van der Waals surface area contributed by atoms with E-state index in [4.69, 9.17) is 10.2 Å². The largest absolute Gasteiger partial charge is 0.481 e. The van der Waals surface area contributed by atoms with Gasteiger partial charge in [0.15, 0.2) is 0 Å². The fourth-order valence-corrected chi connectivity index (χ4v) is 3.48. The highest BCUT2D eigenvalue weighted by Crippen LogP contribution is 2.13. The maximum atomic E-state index is 10.9. The van der Waals surface area contributed by atoms with E-state index in [9.17, 15) is 14.4 Å². The zero-order chi connectivity index (χ0) is 21.6. The molecule has 29 heavy (non-hydrogen) atoms. The summed E-state index contributed by atoms with van der Waals surface area (Å²) in [6.07, 6.45) is 19.6. The summed E-state index contributed by atoms with van der Waals surface area (Å²) in [7, 11) is 0. The Kier molecular flexibility index (Phi) is 20.2. The van der Waals surface area contributed by atoms with Crippen molar-refractivity contribution in [2.24, 2.45) is 0 Å². The lowest BCUT2D eigenvalue weighted by atomic mass is 10.0. The van der Waals surface area contributed by atoms with E-state index in [-0.39, 0.29) is 12.5 Å². The van der Waals surface area contributed by atoms with Crippen LogP contribution in [0.5, 0.6) is 0 Å². The molecule has 0 aliphatic carbocycles. The monoisotopic (exact) mass is 413 g/mol. The van der Waals surface area contributed by atoms with Gasteiger partial charge in [-0.3, -0.25) is 9.59 Å². The average Bonchev–Trinajstić information content (AvgIpc) is 2.68. The number of unbranched alkanes of at least 4 members (excludes halogenated alkanes) is 14. The summed E-state index contributed by atoms with van der Waals surface area (Å²) in [6.45, 7) is 0.780. The topological polar surface area (TPSA) is 104 Å². The van der Waals surface area contributed by atoms with Gasteiger partial charge in [-0.15, -0.1) is 0 Å². The molecule has 1 atom stereocenters. The van der Waals surface area contributed by atoms with Crippen LogP contribution in [-0.4, -0.2) is 41.0 Å². The molecule has 3 N–H and O–H groups in total. The molecular weight excluding hydrogens is 370 g/mol. The third kappa shape index (κ3) is 22.7. The van der Waals surface area contributed by atoms with Gasteiger partial charge in [-0.2, -0.15) is 0 Å². The zero-order valence-corrected chi connectivity index (χ0v) is 18.2. The second-order valence-electron chi connectivity index (χ2n) is 8.08. The lowest BCUT2D eigenvalue weighted by molar-refractivity contribution is -0.138. The molecule has 0 aliphatic heterocycles. The molecule has 0 fully saturated rings. The Bertz CT molecular complexity index is 414. The van der Waals surface area contributed by atoms with Gasteiger partial charge in [-0.25, -0.2) is 0 Å². The highest BCUT2D eigenvalue weighted by atomic mass is 16.4. The fraction of sp³-hybridized carbons (Fsp3) is 0.870. The van der Waals surface area contributed by atoms with Crippen LogP contribution >= 0.6 is 0 Å². The number of carboxylic acids is 2. The SMILES string of the molecule is O=CC(CCC(=O)O)NCCCCCCCCCCCCCCCCCC(=O)O. The van der Waals surface area contributed by atoms with E-state index in [0.717, 1.165) is 38.5 Å². The number of aldehydes is 1. The maximum Gasteiger partial charge on any atom is 0.303 e. The van der Waals surface area contributed by atoms with Crippen molar-refractivity contribution in [1.29, 1.82) is 0 Å². The summed E-state index contributed by atoms with van der Waals surface area (Å²) in [6, 6.07) is -0.331. The van der Waals surface area contributed by atoms with Crippen molar-refractivity contribution >= 4 is 18.2 Å². The predicted octanol–water partition coefficient (Wildman–Crippen LogP) is 5.33. The van der Waals surface area contributed by atoms with Gasteiger partial charge in [0.25, 0.3) is 0 Å². The van der Waals surface area contributed by atoms with E-state index in [2.05, 4.69) is 5.32 Å². The van der Waals surface area contributed by atoms with Crippen molar-refractivity contribution in [3.63, 3.8) is 0 Å². The van der Waals surface area contributed by atoms with Crippen LogP contribution in [0.4, 0.5) is 0 Å². The minimum absolute atomic E-state index is 0.0327. The summed E-state index contributed by atoms with van der Waals surface area (Å²) < 4.78 is 0. The number of carboxylic acid groups (broad SMARTS) is 2. The van der Waals surface area contributed by atoms with Gasteiger partial charge >= 0.3 is 11.9 Å². The number of carbonyl (C=O) groups excluding carboxylic acids is 1. The van der Waals surface area contributed by atoms with Gasteiger partial charge in [0.1, 0.15) is 6.29 Å². The Morgan fingerprint density at radius 1 is 0.621 bits per heavy atom. The van der Waals surface area contributed by atoms with Crippen molar-refractivity contribution < 1.29 is 24.6 Å². The van der Waals surface area contributed by atoms with E-state index in [1.807, 2.05) is 0 Å². The zero-order valence-electron chi connectivity index (χ0n) is 18.2. The maximum absolute atomic E-state index is 10.9. The van der Waals surface area contributed by atoms with Gasteiger partial charge in [0, 0.05) is 12.8 Å². The summed E-state index contributed by atoms with van der Waals surface area (Å²) in [4.78, 5) is 31.8. The Morgan fingerprint density at radius 3 is 1.38 bits per heavy atom. The predicted molar refractivity (Wildman–Crippen MR) is 116 cm³/mol. The lowest BCUT2D eigenvalue weighted by Crippen LogP contribution is -2.31. The molecule has 0 heterocycles. The van der Waals surface area contributed by atoms with Gasteiger partial charge in [0.2, 0.25) is 0 Å². The van der Waals surface area contributed by atoms with Crippen molar-refractivity contribution in [1.82, 2.24) is 5.32 Å². The molecule has 0 radical (unpaired) electrons. The molecule has 170 valence electrons. The van der Waals surface area contributed by atoms with Crippen molar-refractivity contribution in [2.75, 3.05) is 6.54 Å². The van der Waals surface area contributed by atoms with Crippen LogP contribution in [0.1, 0.15) is 116 Å². The van der Waals surface area contributed by atoms with E-state index < -0.39 is 11.9 Å². The first kappa shape index (κ1) is 27.6. The van der Waals surface area contributed by atoms with E-state index in [1.54, 1.807) is 0 Å². The summed E-state index contributed by atoms with van der Waals surface area (Å²) in [5.74, 6) is -1.54. The van der Waals surface area contributed by atoms with Crippen LogP contribution in [0.15, 0.2) is 0 Å². The molecular formula is C23H43NO5.